The standard InChI is InChI=1S/C20H31N9O/c1-5-14(6-2)17-10-15(30-28-17)11-24-20(21-7-3)23-9-8-22-18-16-12-27-29(4)19(16)26-13-25-18/h10,12-14H,5-9,11H2,1-4H3,(H2,21,23,24)(H,22,25,26). The first kappa shape index (κ1) is 21.5. The average molecular weight is 414 g/mol. The van der Waals surface area contributed by atoms with Gasteiger partial charge in [-0.1, -0.05) is 19.0 Å². The molecule has 0 spiro atoms. The molecular formula is C20H31N9O. The Morgan fingerprint density at radius 2 is 2.00 bits per heavy atom. The third-order valence-electron chi connectivity index (χ3n) is 4.96. The number of aliphatic imine (C=N–C) groups is 1. The molecule has 0 unspecified atom stereocenters. The van der Waals surface area contributed by atoms with E-state index in [2.05, 4.69) is 55.0 Å². The molecule has 162 valence electrons. The van der Waals surface area contributed by atoms with Gasteiger partial charge < -0.3 is 20.5 Å². The van der Waals surface area contributed by atoms with Crippen molar-refractivity contribution in [2.45, 2.75) is 46.1 Å². The summed E-state index contributed by atoms with van der Waals surface area (Å²) in [6, 6.07) is 2.01. The SMILES string of the molecule is CCNC(=NCc1cc(C(CC)CC)no1)NCCNc1ncnc2c1cnn2C. The van der Waals surface area contributed by atoms with Gasteiger partial charge in [-0.15, -0.1) is 0 Å². The Hall–Kier alpha value is -3.17. The molecule has 0 aromatic carbocycles. The summed E-state index contributed by atoms with van der Waals surface area (Å²) in [5.41, 5.74) is 1.81. The molecule has 0 aliphatic rings. The van der Waals surface area contributed by atoms with Gasteiger partial charge >= 0.3 is 0 Å². The zero-order valence-corrected chi connectivity index (χ0v) is 18.1. The number of hydrogen-bond acceptors (Lipinski definition) is 7. The number of anilines is 1. The quantitative estimate of drug-likeness (QED) is 0.263. The zero-order chi connectivity index (χ0) is 21.3. The second-order valence-corrected chi connectivity index (χ2v) is 7.01. The molecule has 0 radical (unpaired) electrons. The van der Waals surface area contributed by atoms with E-state index in [9.17, 15) is 0 Å². The van der Waals surface area contributed by atoms with Crippen molar-refractivity contribution in [2.24, 2.45) is 12.0 Å². The van der Waals surface area contributed by atoms with Gasteiger partial charge in [0.25, 0.3) is 0 Å². The normalized spacial score (nSPS) is 12.0. The first-order chi connectivity index (χ1) is 14.7. The van der Waals surface area contributed by atoms with Crippen molar-refractivity contribution in [1.29, 1.82) is 0 Å². The minimum atomic E-state index is 0.442. The molecule has 0 atom stereocenters. The van der Waals surface area contributed by atoms with Crippen molar-refractivity contribution < 1.29 is 4.52 Å². The van der Waals surface area contributed by atoms with E-state index in [1.807, 2.05) is 20.0 Å². The van der Waals surface area contributed by atoms with Crippen LogP contribution in [0.25, 0.3) is 11.0 Å². The van der Waals surface area contributed by atoms with Crippen LogP contribution in [0.1, 0.15) is 51.0 Å². The molecule has 3 aromatic heterocycles. The summed E-state index contributed by atoms with van der Waals surface area (Å²) in [7, 11) is 1.86. The highest BCUT2D eigenvalue weighted by Gasteiger charge is 2.13. The smallest absolute Gasteiger partial charge is 0.191 e. The van der Waals surface area contributed by atoms with Crippen LogP contribution in [0.15, 0.2) is 28.1 Å². The second kappa shape index (κ2) is 10.6. The van der Waals surface area contributed by atoms with Crippen molar-refractivity contribution in [1.82, 2.24) is 35.5 Å². The summed E-state index contributed by atoms with van der Waals surface area (Å²) in [4.78, 5) is 13.2. The van der Waals surface area contributed by atoms with Crippen LogP contribution in [0.5, 0.6) is 0 Å². The van der Waals surface area contributed by atoms with Crippen LogP contribution >= 0.6 is 0 Å². The van der Waals surface area contributed by atoms with Crippen molar-refractivity contribution in [3.05, 3.63) is 30.0 Å². The van der Waals surface area contributed by atoms with Crippen LogP contribution in [-0.2, 0) is 13.6 Å². The van der Waals surface area contributed by atoms with Gasteiger partial charge in [-0.05, 0) is 19.8 Å². The number of fused-ring (bicyclic) bond motifs is 1. The Morgan fingerprint density at radius 3 is 2.77 bits per heavy atom. The lowest BCUT2D eigenvalue weighted by molar-refractivity contribution is 0.372. The number of aromatic nitrogens is 5. The molecule has 3 aromatic rings. The number of aryl methyl sites for hydroxylation is 1. The van der Waals surface area contributed by atoms with Gasteiger partial charge in [-0.25, -0.2) is 15.0 Å². The first-order valence-corrected chi connectivity index (χ1v) is 10.5. The Kier molecular flexibility index (Phi) is 7.58. The van der Waals surface area contributed by atoms with Crippen LogP contribution in [0, 0.1) is 0 Å². The van der Waals surface area contributed by atoms with Gasteiger partial charge in [0.1, 0.15) is 18.7 Å². The Balaban J connectivity index is 1.52. The summed E-state index contributed by atoms with van der Waals surface area (Å²) >= 11 is 0. The summed E-state index contributed by atoms with van der Waals surface area (Å²) in [6.07, 6.45) is 5.42. The van der Waals surface area contributed by atoms with Gasteiger partial charge in [0.05, 0.1) is 17.3 Å². The third-order valence-corrected chi connectivity index (χ3v) is 4.96. The number of hydrogen-bond donors (Lipinski definition) is 3. The largest absolute Gasteiger partial charge is 0.368 e. The lowest BCUT2D eigenvalue weighted by atomic mass is 9.99. The minimum absolute atomic E-state index is 0.442. The first-order valence-electron chi connectivity index (χ1n) is 10.5. The van der Waals surface area contributed by atoms with Crippen molar-refractivity contribution in [3.8, 4) is 0 Å². The van der Waals surface area contributed by atoms with Crippen LogP contribution < -0.4 is 16.0 Å². The van der Waals surface area contributed by atoms with E-state index in [1.165, 1.54) is 0 Å². The highest BCUT2D eigenvalue weighted by molar-refractivity contribution is 5.86. The van der Waals surface area contributed by atoms with Crippen molar-refractivity contribution in [2.75, 3.05) is 25.0 Å². The predicted molar refractivity (Wildman–Crippen MR) is 117 cm³/mol. The Bertz CT molecular complexity index is 958. The minimum Gasteiger partial charge on any atom is -0.368 e. The molecule has 0 saturated carbocycles. The molecule has 0 fully saturated rings. The summed E-state index contributed by atoms with van der Waals surface area (Å²) in [6.45, 7) is 8.94. The van der Waals surface area contributed by atoms with Gasteiger partial charge in [0, 0.05) is 38.7 Å². The van der Waals surface area contributed by atoms with E-state index in [0.29, 0.717) is 25.6 Å². The summed E-state index contributed by atoms with van der Waals surface area (Å²) in [5.74, 6) is 2.71. The topological polar surface area (TPSA) is 118 Å². The molecule has 30 heavy (non-hydrogen) atoms. The third kappa shape index (κ3) is 5.25. The molecule has 0 saturated heterocycles. The van der Waals surface area contributed by atoms with Gasteiger partial charge in [-0.3, -0.25) is 4.68 Å². The summed E-state index contributed by atoms with van der Waals surface area (Å²) in [5, 5.41) is 19.2. The Morgan fingerprint density at radius 1 is 1.17 bits per heavy atom. The van der Waals surface area contributed by atoms with Gasteiger partial charge in [0.15, 0.2) is 17.4 Å². The molecule has 3 heterocycles. The highest BCUT2D eigenvalue weighted by Crippen LogP contribution is 2.22. The van der Waals surface area contributed by atoms with E-state index in [-0.39, 0.29) is 0 Å². The monoisotopic (exact) mass is 413 g/mol. The fourth-order valence-corrected chi connectivity index (χ4v) is 3.27. The molecule has 3 rings (SSSR count). The molecule has 0 aliphatic heterocycles. The fraction of sp³-hybridized carbons (Fsp3) is 0.550. The maximum atomic E-state index is 5.46. The van der Waals surface area contributed by atoms with Crippen molar-refractivity contribution in [3.63, 3.8) is 0 Å². The van der Waals surface area contributed by atoms with Crippen LogP contribution in [0.4, 0.5) is 5.82 Å². The Labute approximate surface area is 176 Å². The predicted octanol–water partition coefficient (Wildman–Crippen LogP) is 2.42. The highest BCUT2D eigenvalue weighted by atomic mass is 16.5. The molecular weight excluding hydrogens is 382 g/mol. The van der Waals surface area contributed by atoms with Crippen molar-refractivity contribution >= 4 is 22.8 Å². The van der Waals surface area contributed by atoms with Gasteiger partial charge in [-0.2, -0.15) is 5.10 Å². The number of nitrogens with zero attached hydrogens (tertiary/aromatic N) is 6. The van der Waals surface area contributed by atoms with E-state index < -0.39 is 0 Å². The zero-order valence-electron chi connectivity index (χ0n) is 18.1. The number of nitrogens with one attached hydrogen (secondary N) is 3. The van der Waals surface area contributed by atoms with Crippen LogP contribution in [0.3, 0.4) is 0 Å². The number of rotatable bonds is 10. The maximum Gasteiger partial charge on any atom is 0.191 e. The molecule has 10 nitrogen and oxygen atoms in total. The molecule has 10 heteroatoms. The van der Waals surface area contributed by atoms with E-state index >= 15 is 0 Å². The van der Waals surface area contributed by atoms with E-state index in [4.69, 9.17) is 4.52 Å². The van der Waals surface area contributed by atoms with Gasteiger partial charge in [0.2, 0.25) is 0 Å². The fourth-order valence-electron chi connectivity index (χ4n) is 3.27. The number of guanidine groups is 1. The van der Waals surface area contributed by atoms with E-state index in [1.54, 1.807) is 17.2 Å². The lowest BCUT2D eigenvalue weighted by Crippen LogP contribution is -2.39. The van der Waals surface area contributed by atoms with Crippen LogP contribution in [0.2, 0.25) is 0 Å². The molecule has 0 bridgehead atoms. The molecule has 0 amide bonds. The lowest BCUT2D eigenvalue weighted by Gasteiger charge is -2.12. The second-order valence-electron chi connectivity index (χ2n) is 7.01. The van der Waals surface area contributed by atoms with Crippen LogP contribution in [-0.4, -0.2) is 50.5 Å². The average Bonchev–Trinajstić information content (AvgIpc) is 3.38. The summed E-state index contributed by atoms with van der Waals surface area (Å²) < 4.78 is 7.19. The van der Waals surface area contributed by atoms with E-state index in [0.717, 1.165) is 53.7 Å². The molecule has 0 aliphatic carbocycles. The maximum absolute atomic E-state index is 5.46. The molecule has 3 N–H and O–H groups in total.